The lowest BCUT2D eigenvalue weighted by Gasteiger charge is -2.08. The number of aromatic nitrogens is 2. The highest BCUT2D eigenvalue weighted by Gasteiger charge is 2.12. The van der Waals surface area contributed by atoms with E-state index in [1.54, 1.807) is 0 Å². The van der Waals surface area contributed by atoms with Crippen molar-refractivity contribution in [2.75, 3.05) is 6.54 Å². The zero-order valence-electron chi connectivity index (χ0n) is 9.67. The molecule has 2 N–H and O–H groups in total. The van der Waals surface area contributed by atoms with Crippen LogP contribution in [-0.4, -0.2) is 16.3 Å². The second kappa shape index (κ2) is 4.60. The van der Waals surface area contributed by atoms with Gasteiger partial charge in [0.1, 0.15) is 0 Å². The molecule has 14 heavy (non-hydrogen) atoms. The quantitative estimate of drug-likeness (QED) is 0.794. The molecule has 3 nitrogen and oxygen atoms in total. The predicted molar refractivity (Wildman–Crippen MR) is 59.3 cm³/mol. The SMILES string of the molecule is CCn1nc(C)c(CC(C)CN)c1C. The normalized spacial score (nSPS) is 13.2. The summed E-state index contributed by atoms with van der Waals surface area (Å²) >= 11 is 0. The third-order valence-corrected chi connectivity index (χ3v) is 2.79. The Morgan fingerprint density at radius 2 is 2.07 bits per heavy atom. The van der Waals surface area contributed by atoms with Gasteiger partial charge >= 0.3 is 0 Å². The summed E-state index contributed by atoms with van der Waals surface area (Å²) in [5.41, 5.74) is 9.47. The van der Waals surface area contributed by atoms with Crippen LogP contribution in [0, 0.1) is 19.8 Å². The molecule has 0 saturated carbocycles. The van der Waals surface area contributed by atoms with E-state index < -0.39 is 0 Å². The predicted octanol–water partition coefficient (Wildman–Crippen LogP) is 1.66. The van der Waals surface area contributed by atoms with Gasteiger partial charge in [0.05, 0.1) is 5.69 Å². The number of hydrogen-bond acceptors (Lipinski definition) is 2. The van der Waals surface area contributed by atoms with Gasteiger partial charge < -0.3 is 5.73 Å². The van der Waals surface area contributed by atoms with Crippen molar-refractivity contribution in [3.05, 3.63) is 17.0 Å². The number of nitrogens with zero attached hydrogens (tertiary/aromatic N) is 2. The van der Waals surface area contributed by atoms with Gasteiger partial charge in [-0.1, -0.05) is 6.92 Å². The van der Waals surface area contributed by atoms with Crippen LogP contribution in [0.25, 0.3) is 0 Å². The van der Waals surface area contributed by atoms with Crippen molar-refractivity contribution in [2.24, 2.45) is 11.7 Å². The number of hydrogen-bond donors (Lipinski definition) is 1. The average molecular weight is 195 g/mol. The van der Waals surface area contributed by atoms with Gasteiger partial charge in [0.2, 0.25) is 0 Å². The molecular weight excluding hydrogens is 174 g/mol. The first kappa shape index (κ1) is 11.2. The van der Waals surface area contributed by atoms with Gasteiger partial charge in [-0.25, -0.2) is 0 Å². The monoisotopic (exact) mass is 195 g/mol. The Kier molecular flexibility index (Phi) is 3.69. The van der Waals surface area contributed by atoms with Crippen molar-refractivity contribution in [3.8, 4) is 0 Å². The summed E-state index contributed by atoms with van der Waals surface area (Å²) in [6.07, 6.45) is 1.05. The summed E-state index contributed by atoms with van der Waals surface area (Å²) in [5, 5.41) is 4.49. The molecule has 0 aromatic carbocycles. The first-order chi connectivity index (χ1) is 6.60. The van der Waals surface area contributed by atoms with Gasteiger partial charge in [0.25, 0.3) is 0 Å². The van der Waals surface area contributed by atoms with Crippen LogP contribution in [0.4, 0.5) is 0 Å². The number of nitrogens with two attached hydrogens (primary N) is 1. The molecule has 0 aliphatic heterocycles. The van der Waals surface area contributed by atoms with Crippen molar-refractivity contribution < 1.29 is 0 Å². The summed E-state index contributed by atoms with van der Waals surface area (Å²) in [5.74, 6) is 0.543. The van der Waals surface area contributed by atoms with Crippen molar-refractivity contribution in [1.29, 1.82) is 0 Å². The van der Waals surface area contributed by atoms with Gasteiger partial charge in [-0.15, -0.1) is 0 Å². The molecular formula is C11H21N3. The van der Waals surface area contributed by atoms with Crippen LogP contribution >= 0.6 is 0 Å². The standard InChI is InChI=1S/C11H21N3/c1-5-14-10(4)11(9(3)13-14)6-8(2)7-12/h8H,5-7,12H2,1-4H3. The molecule has 1 aromatic rings. The van der Waals surface area contributed by atoms with E-state index in [1.165, 1.54) is 11.3 Å². The summed E-state index contributed by atoms with van der Waals surface area (Å²) in [7, 11) is 0. The van der Waals surface area contributed by atoms with Crippen molar-refractivity contribution >= 4 is 0 Å². The summed E-state index contributed by atoms with van der Waals surface area (Å²) in [4.78, 5) is 0. The zero-order chi connectivity index (χ0) is 10.7. The van der Waals surface area contributed by atoms with E-state index in [0.29, 0.717) is 5.92 Å². The number of aryl methyl sites for hydroxylation is 2. The molecule has 0 spiro atoms. The highest BCUT2D eigenvalue weighted by molar-refractivity contribution is 5.24. The van der Waals surface area contributed by atoms with Crippen LogP contribution in [0.5, 0.6) is 0 Å². The van der Waals surface area contributed by atoms with Gasteiger partial charge in [-0.2, -0.15) is 5.10 Å². The summed E-state index contributed by atoms with van der Waals surface area (Å²) in [6.45, 7) is 10.2. The minimum atomic E-state index is 0.543. The maximum atomic E-state index is 5.63. The lowest BCUT2D eigenvalue weighted by Crippen LogP contribution is -2.14. The average Bonchev–Trinajstić information content (AvgIpc) is 2.44. The molecule has 0 bridgehead atoms. The van der Waals surface area contributed by atoms with E-state index in [-0.39, 0.29) is 0 Å². The van der Waals surface area contributed by atoms with E-state index in [2.05, 4.69) is 37.5 Å². The Balaban J connectivity index is 2.90. The second-order valence-electron chi connectivity index (χ2n) is 4.01. The Morgan fingerprint density at radius 1 is 1.43 bits per heavy atom. The molecule has 0 aliphatic rings. The molecule has 0 fully saturated rings. The lowest BCUT2D eigenvalue weighted by atomic mass is 10.00. The third kappa shape index (κ3) is 2.15. The first-order valence-electron chi connectivity index (χ1n) is 5.33. The Hall–Kier alpha value is -0.830. The van der Waals surface area contributed by atoms with E-state index in [9.17, 15) is 0 Å². The molecule has 1 heterocycles. The lowest BCUT2D eigenvalue weighted by molar-refractivity contribution is 0.586. The second-order valence-corrected chi connectivity index (χ2v) is 4.01. The summed E-state index contributed by atoms with van der Waals surface area (Å²) < 4.78 is 2.06. The molecule has 0 aliphatic carbocycles. The molecule has 80 valence electrons. The maximum Gasteiger partial charge on any atom is 0.0628 e. The largest absolute Gasteiger partial charge is 0.330 e. The molecule has 1 atom stereocenters. The molecule has 0 radical (unpaired) electrons. The first-order valence-corrected chi connectivity index (χ1v) is 5.33. The highest BCUT2D eigenvalue weighted by atomic mass is 15.3. The van der Waals surface area contributed by atoms with E-state index in [1.807, 2.05) is 0 Å². The van der Waals surface area contributed by atoms with Crippen LogP contribution in [0.15, 0.2) is 0 Å². The molecule has 1 unspecified atom stereocenters. The Labute approximate surface area is 86.3 Å². The molecule has 0 amide bonds. The fourth-order valence-electron chi connectivity index (χ4n) is 1.77. The number of rotatable bonds is 4. The fourth-order valence-corrected chi connectivity index (χ4v) is 1.77. The van der Waals surface area contributed by atoms with Gasteiger partial charge in [-0.05, 0) is 45.2 Å². The van der Waals surface area contributed by atoms with Crippen molar-refractivity contribution in [3.63, 3.8) is 0 Å². The van der Waals surface area contributed by atoms with Crippen LogP contribution < -0.4 is 5.73 Å². The Bertz CT molecular complexity index is 302. The van der Waals surface area contributed by atoms with Crippen molar-refractivity contribution in [2.45, 2.75) is 40.7 Å². The highest BCUT2D eigenvalue weighted by Crippen LogP contribution is 2.16. The van der Waals surface area contributed by atoms with E-state index >= 15 is 0 Å². The topological polar surface area (TPSA) is 43.8 Å². The van der Waals surface area contributed by atoms with Crippen LogP contribution in [0.1, 0.15) is 30.8 Å². The Morgan fingerprint density at radius 3 is 2.50 bits per heavy atom. The van der Waals surface area contributed by atoms with Gasteiger partial charge in [-0.3, -0.25) is 4.68 Å². The van der Waals surface area contributed by atoms with Crippen LogP contribution in [-0.2, 0) is 13.0 Å². The van der Waals surface area contributed by atoms with Crippen LogP contribution in [0.3, 0.4) is 0 Å². The van der Waals surface area contributed by atoms with Gasteiger partial charge in [0.15, 0.2) is 0 Å². The maximum absolute atomic E-state index is 5.63. The minimum Gasteiger partial charge on any atom is -0.330 e. The van der Waals surface area contributed by atoms with Crippen molar-refractivity contribution in [1.82, 2.24) is 9.78 Å². The van der Waals surface area contributed by atoms with E-state index in [0.717, 1.165) is 25.2 Å². The molecule has 1 aromatic heterocycles. The third-order valence-electron chi connectivity index (χ3n) is 2.79. The smallest absolute Gasteiger partial charge is 0.0628 e. The molecule has 3 heteroatoms. The van der Waals surface area contributed by atoms with E-state index in [4.69, 9.17) is 5.73 Å². The minimum absolute atomic E-state index is 0.543. The zero-order valence-corrected chi connectivity index (χ0v) is 9.67. The summed E-state index contributed by atoms with van der Waals surface area (Å²) in [6, 6.07) is 0. The molecule has 0 saturated heterocycles. The van der Waals surface area contributed by atoms with Crippen LogP contribution in [0.2, 0.25) is 0 Å². The van der Waals surface area contributed by atoms with Gasteiger partial charge in [0, 0.05) is 12.2 Å². The molecule has 1 rings (SSSR count). The fraction of sp³-hybridized carbons (Fsp3) is 0.727.